The highest BCUT2D eigenvalue weighted by Gasteiger charge is 2.40. The summed E-state index contributed by atoms with van der Waals surface area (Å²) in [7, 11) is 0. The van der Waals surface area contributed by atoms with Gasteiger partial charge < -0.3 is 25.2 Å². The van der Waals surface area contributed by atoms with E-state index in [4.69, 9.17) is 9.84 Å². The Morgan fingerprint density at radius 3 is 2.54 bits per heavy atom. The zero-order valence-corrected chi connectivity index (χ0v) is 22.3. The van der Waals surface area contributed by atoms with Crippen molar-refractivity contribution in [2.75, 3.05) is 13.2 Å². The highest BCUT2D eigenvalue weighted by molar-refractivity contribution is 14.1. The van der Waals surface area contributed by atoms with E-state index in [2.05, 4.69) is 27.9 Å². The van der Waals surface area contributed by atoms with Gasteiger partial charge in [-0.2, -0.15) is 0 Å². The molecule has 7 nitrogen and oxygen atoms in total. The zero-order valence-electron chi connectivity index (χ0n) is 20.1. The van der Waals surface area contributed by atoms with E-state index >= 15 is 0 Å². The Kier molecular flexibility index (Phi) is 10.1. The molecule has 2 aromatic rings. The van der Waals surface area contributed by atoms with Crippen LogP contribution in [0.25, 0.3) is 0 Å². The summed E-state index contributed by atoms with van der Waals surface area (Å²) in [6.45, 7) is 4.21. The molecule has 0 aliphatic heterocycles. The first-order valence-electron chi connectivity index (χ1n) is 11.9. The summed E-state index contributed by atoms with van der Waals surface area (Å²) in [5.74, 6) is 0.168. The lowest BCUT2D eigenvalue weighted by molar-refractivity contribution is -0.139. The Bertz CT molecular complexity index is 1040. The molecule has 8 heteroatoms. The van der Waals surface area contributed by atoms with Crippen molar-refractivity contribution in [1.29, 1.82) is 0 Å². The van der Waals surface area contributed by atoms with E-state index in [1.165, 1.54) is 0 Å². The van der Waals surface area contributed by atoms with Crippen LogP contribution < -0.4 is 10.1 Å². The van der Waals surface area contributed by atoms with E-state index in [1.54, 1.807) is 11.0 Å². The maximum atomic E-state index is 13.2. The highest BCUT2D eigenvalue weighted by Crippen LogP contribution is 2.30. The summed E-state index contributed by atoms with van der Waals surface area (Å²) in [5, 5.41) is 23.2. The third-order valence-corrected chi connectivity index (χ3v) is 6.86. The summed E-state index contributed by atoms with van der Waals surface area (Å²) in [6, 6.07) is 14.7. The number of nitrogens with zero attached hydrogens (tertiary/aromatic N) is 1. The summed E-state index contributed by atoms with van der Waals surface area (Å²) in [4.78, 5) is 27.8. The number of halogens is 1. The summed E-state index contributed by atoms with van der Waals surface area (Å²) < 4.78 is 7.04. The first-order chi connectivity index (χ1) is 16.8. The molecule has 0 spiro atoms. The fourth-order valence-corrected chi connectivity index (χ4v) is 4.62. The number of aliphatic hydroxyl groups excluding tert-OH is 2. The third-order valence-electron chi connectivity index (χ3n) is 5.97. The number of hydrogen-bond donors (Lipinski definition) is 3. The van der Waals surface area contributed by atoms with Gasteiger partial charge in [-0.15, -0.1) is 0 Å². The molecular weight excluding hydrogens is 559 g/mol. The molecular formula is C27H33IN2O5. The second kappa shape index (κ2) is 13.0. The van der Waals surface area contributed by atoms with Gasteiger partial charge in [0, 0.05) is 31.5 Å². The Hall–Kier alpha value is -2.43. The van der Waals surface area contributed by atoms with E-state index in [-0.39, 0.29) is 31.4 Å². The second-order valence-electron chi connectivity index (χ2n) is 8.70. The van der Waals surface area contributed by atoms with Crippen LogP contribution >= 0.6 is 22.6 Å². The van der Waals surface area contributed by atoms with Gasteiger partial charge in [-0.3, -0.25) is 9.59 Å². The first-order valence-corrected chi connectivity index (χ1v) is 13.0. The van der Waals surface area contributed by atoms with Gasteiger partial charge in [0.15, 0.2) is 0 Å². The van der Waals surface area contributed by atoms with Crippen LogP contribution in [0, 0.1) is 10.5 Å². The fourth-order valence-electron chi connectivity index (χ4n) is 4.10. The van der Waals surface area contributed by atoms with Gasteiger partial charge in [-0.05, 0) is 59.7 Å². The van der Waals surface area contributed by atoms with Crippen LogP contribution in [0.3, 0.4) is 0 Å². The van der Waals surface area contributed by atoms with E-state index in [9.17, 15) is 14.7 Å². The number of carbonyl (C=O) groups excluding carboxylic acids is 2. The minimum absolute atomic E-state index is 0.0813. The maximum Gasteiger partial charge on any atom is 0.247 e. The molecule has 0 saturated carbocycles. The summed E-state index contributed by atoms with van der Waals surface area (Å²) in [5.41, 5.74) is 2.49. The molecule has 0 aromatic heterocycles. The van der Waals surface area contributed by atoms with Crippen LogP contribution in [0.15, 0.2) is 60.2 Å². The molecule has 0 radical (unpaired) electrons. The average molecular weight is 592 g/mol. The van der Waals surface area contributed by atoms with Gasteiger partial charge in [0.05, 0.1) is 16.2 Å². The molecule has 2 amide bonds. The number of aliphatic hydroxyl groups is 2. The predicted octanol–water partition coefficient (Wildman–Crippen LogP) is 3.34. The predicted molar refractivity (Wildman–Crippen MR) is 143 cm³/mol. The zero-order chi connectivity index (χ0) is 25.4. The molecule has 0 fully saturated rings. The number of amides is 2. The number of para-hydroxylation sites is 1. The van der Waals surface area contributed by atoms with Gasteiger partial charge in [0.25, 0.3) is 0 Å². The van der Waals surface area contributed by atoms with Gasteiger partial charge in [-0.25, -0.2) is 0 Å². The van der Waals surface area contributed by atoms with Gasteiger partial charge in [0.2, 0.25) is 11.8 Å². The molecule has 188 valence electrons. The molecule has 0 bridgehead atoms. The van der Waals surface area contributed by atoms with Crippen LogP contribution in [0.2, 0.25) is 0 Å². The molecule has 0 heterocycles. The van der Waals surface area contributed by atoms with Crippen molar-refractivity contribution in [2.24, 2.45) is 0 Å². The lowest BCUT2D eigenvalue weighted by atomic mass is 9.87. The first kappa shape index (κ1) is 27.2. The Labute approximate surface area is 220 Å². The molecule has 0 unspecified atom stereocenters. The van der Waals surface area contributed by atoms with Crippen LogP contribution in [0.1, 0.15) is 37.3 Å². The van der Waals surface area contributed by atoms with Crippen LogP contribution in [0.5, 0.6) is 5.75 Å². The monoisotopic (exact) mass is 592 g/mol. The standard InChI is InChI=1S/C27H33IN2O5/c1-3-6-25(32)30(17-19-11-9-18(2)10-12-19)22-15-20(27(34)29-13-14-31)16-24(26(22)33)35-23-8-5-4-7-21(23)28/h4-5,7-12,16,22,24,26,31,33H,3,6,13-15,17H2,1-2H3,(H,29,34)/t22-,24+,26+/m1/s1. The lowest BCUT2D eigenvalue weighted by Crippen LogP contribution is -2.54. The third kappa shape index (κ3) is 7.28. The van der Waals surface area contributed by atoms with Crippen LogP contribution in [-0.2, 0) is 16.1 Å². The minimum atomic E-state index is -1.04. The fraction of sp³-hybridized carbons (Fsp3) is 0.407. The van der Waals surface area contributed by atoms with E-state index < -0.39 is 18.2 Å². The van der Waals surface area contributed by atoms with Gasteiger partial charge in [0.1, 0.15) is 18.0 Å². The van der Waals surface area contributed by atoms with Crippen molar-refractivity contribution in [2.45, 2.75) is 57.9 Å². The molecule has 3 atom stereocenters. The van der Waals surface area contributed by atoms with E-state index in [0.29, 0.717) is 30.7 Å². The normalized spacial score (nSPS) is 19.6. The molecule has 3 rings (SSSR count). The smallest absolute Gasteiger partial charge is 0.247 e. The summed E-state index contributed by atoms with van der Waals surface area (Å²) in [6.07, 6.45) is 0.971. The SMILES string of the molecule is CCCC(=O)N(Cc1ccc(C)cc1)[C@@H]1CC(C(=O)NCCO)=C[C@H](Oc2ccccc2I)[C@H]1O. The minimum Gasteiger partial charge on any atom is -0.482 e. The van der Waals surface area contributed by atoms with E-state index in [0.717, 1.165) is 14.7 Å². The number of nitrogens with one attached hydrogen (secondary N) is 1. The Morgan fingerprint density at radius 1 is 1.17 bits per heavy atom. The molecule has 1 aliphatic rings. The number of rotatable bonds is 10. The van der Waals surface area contributed by atoms with E-state index in [1.807, 2.05) is 62.4 Å². The van der Waals surface area contributed by atoms with Crippen molar-refractivity contribution in [3.05, 3.63) is 74.9 Å². The molecule has 35 heavy (non-hydrogen) atoms. The van der Waals surface area contributed by atoms with Crippen molar-refractivity contribution >= 4 is 34.4 Å². The second-order valence-corrected chi connectivity index (χ2v) is 9.87. The van der Waals surface area contributed by atoms with Crippen molar-refractivity contribution in [3.8, 4) is 5.75 Å². The quantitative estimate of drug-likeness (QED) is 0.368. The number of carbonyl (C=O) groups is 2. The van der Waals surface area contributed by atoms with Gasteiger partial charge >= 0.3 is 0 Å². The molecule has 3 N–H and O–H groups in total. The van der Waals surface area contributed by atoms with Gasteiger partial charge in [-0.1, -0.05) is 48.9 Å². The molecule has 2 aromatic carbocycles. The van der Waals surface area contributed by atoms with Crippen LogP contribution in [0.4, 0.5) is 0 Å². The van der Waals surface area contributed by atoms with Crippen molar-refractivity contribution < 1.29 is 24.5 Å². The largest absolute Gasteiger partial charge is 0.482 e. The Balaban J connectivity index is 1.96. The topological polar surface area (TPSA) is 99.1 Å². The maximum absolute atomic E-state index is 13.2. The average Bonchev–Trinajstić information content (AvgIpc) is 2.85. The number of aryl methyl sites for hydroxylation is 1. The van der Waals surface area contributed by atoms with Crippen molar-refractivity contribution in [1.82, 2.24) is 10.2 Å². The Morgan fingerprint density at radius 2 is 1.89 bits per heavy atom. The number of ether oxygens (including phenoxy) is 1. The molecule has 1 aliphatic carbocycles. The van der Waals surface area contributed by atoms with Crippen molar-refractivity contribution in [3.63, 3.8) is 0 Å². The summed E-state index contributed by atoms with van der Waals surface area (Å²) >= 11 is 2.16. The lowest BCUT2D eigenvalue weighted by Gasteiger charge is -2.40. The highest BCUT2D eigenvalue weighted by atomic mass is 127. The molecule has 0 saturated heterocycles. The number of hydrogen-bond acceptors (Lipinski definition) is 5. The van der Waals surface area contributed by atoms with Crippen LogP contribution in [-0.4, -0.2) is 58.3 Å². The number of benzene rings is 2.